The van der Waals surface area contributed by atoms with E-state index in [9.17, 15) is 0 Å². The zero-order valence-electron chi connectivity index (χ0n) is 8.55. The minimum Gasteiger partial charge on any atom is -0.319 e. The molecule has 2 rings (SSSR count). The average Bonchev–Trinajstić information content (AvgIpc) is 2.56. The van der Waals surface area contributed by atoms with Crippen molar-refractivity contribution in [3.63, 3.8) is 0 Å². The molecule has 0 spiro atoms. The Balaban J connectivity index is 2.15. The lowest BCUT2D eigenvalue weighted by molar-refractivity contribution is 0.622. The summed E-state index contributed by atoms with van der Waals surface area (Å²) in [5.41, 5.74) is 1.97. The van der Waals surface area contributed by atoms with Gasteiger partial charge in [-0.3, -0.25) is 0 Å². The molecule has 2 heteroatoms. The van der Waals surface area contributed by atoms with E-state index in [4.69, 9.17) is 0 Å². The number of rotatable bonds is 3. The van der Waals surface area contributed by atoms with Crippen LogP contribution in [0.1, 0.15) is 23.8 Å². The van der Waals surface area contributed by atoms with Crippen molar-refractivity contribution in [3.05, 3.63) is 21.9 Å². The highest BCUT2D eigenvalue weighted by Gasteiger charge is 2.51. The molecule has 1 aliphatic carbocycles. The zero-order valence-corrected chi connectivity index (χ0v) is 9.37. The van der Waals surface area contributed by atoms with Gasteiger partial charge in [-0.25, -0.2) is 0 Å². The first-order chi connectivity index (χ1) is 6.18. The molecular formula is C11H17NS. The van der Waals surface area contributed by atoms with Crippen molar-refractivity contribution in [2.45, 2.75) is 25.7 Å². The SMILES string of the molecule is CNCC1CC1(C)c1sccc1C. The van der Waals surface area contributed by atoms with Gasteiger partial charge in [0, 0.05) is 10.3 Å². The maximum atomic E-state index is 3.27. The molecule has 0 bridgehead atoms. The summed E-state index contributed by atoms with van der Waals surface area (Å²) >= 11 is 1.92. The molecule has 0 radical (unpaired) electrons. The molecule has 0 aromatic carbocycles. The molecule has 13 heavy (non-hydrogen) atoms. The monoisotopic (exact) mass is 195 g/mol. The molecule has 1 aliphatic rings. The van der Waals surface area contributed by atoms with Crippen LogP contribution in [-0.2, 0) is 5.41 Å². The van der Waals surface area contributed by atoms with Crippen LogP contribution in [0, 0.1) is 12.8 Å². The van der Waals surface area contributed by atoms with Crippen LogP contribution in [0.4, 0.5) is 0 Å². The molecule has 72 valence electrons. The Kier molecular flexibility index (Phi) is 2.20. The van der Waals surface area contributed by atoms with Gasteiger partial charge in [0.15, 0.2) is 0 Å². The minimum absolute atomic E-state index is 0.487. The highest BCUT2D eigenvalue weighted by atomic mass is 32.1. The van der Waals surface area contributed by atoms with E-state index in [1.54, 1.807) is 4.88 Å². The Hall–Kier alpha value is -0.340. The van der Waals surface area contributed by atoms with Crippen molar-refractivity contribution in [2.75, 3.05) is 13.6 Å². The first-order valence-corrected chi connectivity index (χ1v) is 5.75. The van der Waals surface area contributed by atoms with E-state index in [1.807, 2.05) is 18.4 Å². The van der Waals surface area contributed by atoms with Gasteiger partial charge in [0.1, 0.15) is 0 Å². The van der Waals surface area contributed by atoms with Crippen molar-refractivity contribution in [3.8, 4) is 0 Å². The average molecular weight is 195 g/mol. The Morgan fingerprint density at radius 2 is 2.46 bits per heavy atom. The molecule has 1 N–H and O–H groups in total. The second-order valence-corrected chi connectivity index (χ2v) is 5.23. The molecule has 2 unspecified atom stereocenters. The van der Waals surface area contributed by atoms with Crippen molar-refractivity contribution < 1.29 is 0 Å². The van der Waals surface area contributed by atoms with Crippen molar-refractivity contribution in [1.82, 2.24) is 5.32 Å². The maximum absolute atomic E-state index is 3.27. The number of nitrogens with one attached hydrogen (secondary N) is 1. The van der Waals surface area contributed by atoms with Gasteiger partial charge in [-0.05, 0) is 49.9 Å². The smallest absolute Gasteiger partial charge is 0.0137 e. The lowest BCUT2D eigenvalue weighted by Crippen LogP contribution is -2.15. The van der Waals surface area contributed by atoms with Crippen molar-refractivity contribution in [2.24, 2.45) is 5.92 Å². The Bertz CT molecular complexity index is 305. The third-order valence-electron chi connectivity index (χ3n) is 3.24. The highest BCUT2D eigenvalue weighted by Crippen LogP contribution is 2.55. The van der Waals surface area contributed by atoms with E-state index < -0.39 is 0 Å². The summed E-state index contributed by atoms with van der Waals surface area (Å²) < 4.78 is 0. The lowest BCUT2D eigenvalue weighted by atomic mass is 10.0. The van der Waals surface area contributed by atoms with Gasteiger partial charge in [-0.2, -0.15) is 0 Å². The molecule has 1 aromatic heterocycles. The lowest BCUT2D eigenvalue weighted by Gasteiger charge is -2.10. The quantitative estimate of drug-likeness (QED) is 0.781. The second-order valence-electron chi connectivity index (χ2n) is 4.31. The van der Waals surface area contributed by atoms with Gasteiger partial charge < -0.3 is 5.32 Å². The fourth-order valence-electron chi connectivity index (χ4n) is 2.23. The topological polar surface area (TPSA) is 12.0 Å². The third kappa shape index (κ3) is 1.42. The third-order valence-corrected chi connectivity index (χ3v) is 4.54. The summed E-state index contributed by atoms with van der Waals surface area (Å²) in [6, 6.07) is 2.24. The van der Waals surface area contributed by atoms with Gasteiger partial charge >= 0.3 is 0 Å². The van der Waals surface area contributed by atoms with Gasteiger partial charge in [0.25, 0.3) is 0 Å². The van der Waals surface area contributed by atoms with Crippen LogP contribution in [0.25, 0.3) is 0 Å². The molecule has 1 heterocycles. The normalized spacial score (nSPS) is 32.1. The number of thiophene rings is 1. The number of hydrogen-bond acceptors (Lipinski definition) is 2. The van der Waals surface area contributed by atoms with Crippen molar-refractivity contribution >= 4 is 11.3 Å². The fraction of sp³-hybridized carbons (Fsp3) is 0.636. The van der Waals surface area contributed by atoms with Crippen LogP contribution in [0.5, 0.6) is 0 Å². The summed E-state index contributed by atoms with van der Waals surface area (Å²) in [6.45, 7) is 5.79. The predicted octanol–water partition coefficient (Wildman–Crippen LogP) is 2.55. The van der Waals surface area contributed by atoms with Crippen LogP contribution in [-0.4, -0.2) is 13.6 Å². The summed E-state index contributed by atoms with van der Waals surface area (Å²) in [5, 5.41) is 5.48. The van der Waals surface area contributed by atoms with E-state index in [1.165, 1.54) is 12.0 Å². The first kappa shape index (κ1) is 9.22. The minimum atomic E-state index is 0.487. The van der Waals surface area contributed by atoms with Crippen LogP contribution in [0.2, 0.25) is 0 Å². The van der Waals surface area contributed by atoms with E-state index in [0.29, 0.717) is 5.41 Å². The molecule has 1 fully saturated rings. The summed E-state index contributed by atoms with van der Waals surface area (Å²) in [7, 11) is 2.04. The second kappa shape index (κ2) is 3.10. The van der Waals surface area contributed by atoms with E-state index in [2.05, 4.69) is 30.6 Å². The van der Waals surface area contributed by atoms with Crippen LogP contribution in [0.15, 0.2) is 11.4 Å². The Morgan fingerprint density at radius 1 is 1.69 bits per heavy atom. The van der Waals surface area contributed by atoms with Crippen LogP contribution >= 0.6 is 11.3 Å². The van der Waals surface area contributed by atoms with Crippen LogP contribution < -0.4 is 5.32 Å². The van der Waals surface area contributed by atoms with E-state index in [0.717, 1.165) is 12.5 Å². The van der Waals surface area contributed by atoms with Gasteiger partial charge in [-0.1, -0.05) is 6.92 Å². The summed E-state index contributed by atoms with van der Waals surface area (Å²) in [5.74, 6) is 0.856. The predicted molar refractivity (Wildman–Crippen MR) is 58.4 cm³/mol. The first-order valence-electron chi connectivity index (χ1n) is 4.87. The van der Waals surface area contributed by atoms with Gasteiger partial charge in [0.2, 0.25) is 0 Å². The Labute approximate surface area is 84.2 Å². The van der Waals surface area contributed by atoms with Crippen molar-refractivity contribution in [1.29, 1.82) is 0 Å². The standard InChI is InChI=1S/C11H17NS/c1-8-4-5-13-10(8)11(2)6-9(11)7-12-3/h4-5,9,12H,6-7H2,1-3H3. The summed E-state index contributed by atoms with van der Waals surface area (Å²) in [6.07, 6.45) is 1.36. The number of hydrogen-bond donors (Lipinski definition) is 1. The molecule has 0 amide bonds. The maximum Gasteiger partial charge on any atom is 0.0137 e. The zero-order chi connectivity index (χ0) is 9.47. The van der Waals surface area contributed by atoms with Crippen LogP contribution in [0.3, 0.4) is 0 Å². The molecule has 1 aromatic rings. The molecule has 0 saturated heterocycles. The Morgan fingerprint density at radius 3 is 3.00 bits per heavy atom. The molecular weight excluding hydrogens is 178 g/mol. The summed E-state index contributed by atoms with van der Waals surface area (Å²) in [4.78, 5) is 1.60. The molecule has 1 nitrogen and oxygen atoms in total. The number of aryl methyl sites for hydroxylation is 1. The van der Waals surface area contributed by atoms with Gasteiger partial charge in [-0.15, -0.1) is 11.3 Å². The molecule has 2 atom stereocenters. The fourth-order valence-corrected chi connectivity index (χ4v) is 3.41. The van der Waals surface area contributed by atoms with Gasteiger partial charge in [0.05, 0.1) is 0 Å². The molecule has 0 aliphatic heterocycles. The largest absolute Gasteiger partial charge is 0.319 e. The van der Waals surface area contributed by atoms with E-state index >= 15 is 0 Å². The van der Waals surface area contributed by atoms with E-state index in [-0.39, 0.29) is 0 Å². The highest BCUT2D eigenvalue weighted by molar-refractivity contribution is 7.10. The molecule has 1 saturated carbocycles.